The summed E-state index contributed by atoms with van der Waals surface area (Å²) in [7, 11) is 0. The van der Waals surface area contributed by atoms with Gasteiger partial charge in [-0.05, 0) is 50.5 Å². The number of nitrogens with zero attached hydrogens (tertiary/aromatic N) is 2. The van der Waals surface area contributed by atoms with Crippen molar-refractivity contribution in [2.75, 3.05) is 19.8 Å². The third kappa shape index (κ3) is 3.42. The molecule has 0 amide bonds. The molecule has 2 heterocycles. The second kappa shape index (κ2) is 6.83. The molecule has 4 unspecified atom stereocenters. The zero-order chi connectivity index (χ0) is 15.6. The number of ether oxygens (including phenoxy) is 1. The van der Waals surface area contributed by atoms with E-state index in [1.54, 1.807) is 0 Å². The van der Waals surface area contributed by atoms with Crippen LogP contribution >= 0.6 is 0 Å². The van der Waals surface area contributed by atoms with Gasteiger partial charge in [0.1, 0.15) is 5.82 Å². The van der Waals surface area contributed by atoms with Gasteiger partial charge in [-0.3, -0.25) is 0 Å². The van der Waals surface area contributed by atoms with Crippen LogP contribution in [0, 0.1) is 12.8 Å². The molecule has 1 aromatic rings. The Morgan fingerprint density at radius 2 is 2.26 bits per heavy atom. The third-order valence-corrected chi connectivity index (χ3v) is 5.76. The monoisotopic (exact) mass is 316 g/mol. The van der Waals surface area contributed by atoms with Gasteiger partial charge in [-0.2, -0.15) is 0 Å². The first-order valence-corrected chi connectivity index (χ1v) is 9.18. The van der Waals surface area contributed by atoms with Crippen molar-refractivity contribution in [3.8, 4) is 0 Å². The maximum Gasteiger partial charge on any atom is 0.125 e. The van der Waals surface area contributed by atoms with Crippen LogP contribution in [0.15, 0.2) is 6.20 Å². The second-order valence-electron chi connectivity index (χ2n) is 7.33. The molecule has 5 nitrogen and oxygen atoms in total. The molecule has 4 rings (SSSR count). The molecule has 4 atom stereocenters. The summed E-state index contributed by atoms with van der Waals surface area (Å²) in [6.45, 7) is 4.72. The van der Waals surface area contributed by atoms with Crippen LogP contribution in [0.1, 0.15) is 42.8 Å². The molecular formula is C18H28N4O. The number of hydrogen-bond donors (Lipinski definition) is 2. The molecule has 2 fully saturated rings. The molecule has 0 spiro atoms. The molecule has 23 heavy (non-hydrogen) atoms. The van der Waals surface area contributed by atoms with Crippen molar-refractivity contribution in [2.45, 2.75) is 63.6 Å². The van der Waals surface area contributed by atoms with Crippen LogP contribution in [0.2, 0.25) is 0 Å². The minimum atomic E-state index is 0.533. The van der Waals surface area contributed by atoms with Crippen LogP contribution in [0.4, 0.5) is 0 Å². The third-order valence-electron chi connectivity index (χ3n) is 5.76. The van der Waals surface area contributed by atoms with Gasteiger partial charge in [0.2, 0.25) is 0 Å². The number of aryl methyl sites for hydroxylation is 2. The zero-order valence-electron chi connectivity index (χ0n) is 14.1. The fraction of sp³-hybridized carbons (Fsp3) is 0.778. The van der Waals surface area contributed by atoms with Gasteiger partial charge in [0.05, 0.1) is 13.2 Å². The number of morpholine rings is 1. The number of nitrogens with one attached hydrogen (secondary N) is 2. The highest BCUT2D eigenvalue weighted by Gasteiger charge is 2.36. The molecule has 3 aliphatic rings. The summed E-state index contributed by atoms with van der Waals surface area (Å²) >= 11 is 0. The van der Waals surface area contributed by atoms with Gasteiger partial charge < -0.3 is 15.4 Å². The summed E-state index contributed by atoms with van der Waals surface area (Å²) < 4.78 is 5.68. The first kappa shape index (κ1) is 15.5. The molecule has 1 saturated heterocycles. The van der Waals surface area contributed by atoms with E-state index in [0.29, 0.717) is 24.0 Å². The van der Waals surface area contributed by atoms with Crippen molar-refractivity contribution in [3.63, 3.8) is 0 Å². The molecular weight excluding hydrogens is 288 g/mol. The highest BCUT2D eigenvalue weighted by atomic mass is 16.5. The van der Waals surface area contributed by atoms with Crippen molar-refractivity contribution in [1.82, 2.24) is 20.6 Å². The largest absolute Gasteiger partial charge is 0.379 e. The zero-order valence-corrected chi connectivity index (χ0v) is 14.1. The normalized spacial score (nSPS) is 34.3. The molecule has 5 heteroatoms. The first-order valence-electron chi connectivity index (χ1n) is 9.18. The van der Waals surface area contributed by atoms with Crippen molar-refractivity contribution < 1.29 is 4.74 Å². The molecule has 2 N–H and O–H groups in total. The lowest BCUT2D eigenvalue weighted by atomic mass is 9.89. The first-order chi connectivity index (χ1) is 11.3. The lowest BCUT2D eigenvalue weighted by Gasteiger charge is -2.35. The summed E-state index contributed by atoms with van der Waals surface area (Å²) in [4.78, 5) is 8.98. The maximum absolute atomic E-state index is 5.68. The SMILES string of the molecule is Cc1ncc2c(n1)CCC(NC1CCCC1C1COCCN1)C2. The summed E-state index contributed by atoms with van der Waals surface area (Å²) in [5, 5.41) is 7.63. The van der Waals surface area contributed by atoms with Crippen molar-refractivity contribution in [1.29, 1.82) is 0 Å². The highest BCUT2D eigenvalue weighted by Crippen LogP contribution is 2.31. The van der Waals surface area contributed by atoms with E-state index in [4.69, 9.17) is 4.74 Å². The van der Waals surface area contributed by atoms with E-state index in [9.17, 15) is 0 Å². The standard InChI is InChI=1S/C18H28N4O/c1-12-20-10-13-9-14(5-6-16(13)21-12)22-17-4-2-3-15(17)18-11-23-8-7-19-18/h10,14-15,17-19,22H,2-9,11H2,1H3. The van der Waals surface area contributed by atoms with E-state index in [0.717, 1.165) is 38.4 Å². The Kier molecular flexibility index (Phi) is 4.60. The van der Waals surface area contributed by atoms with E-state index in [1.165, 1.54) is 36.9 Å². The molecule has 0 radical (unpaired) electrons. The number of rotatable bonds is 3. The summed E-state index contributed by atoms with van der Waals surface area (Å²) in [6, 6.07) is 1.74. The molecule has 126 valence electrons. The fourth-order valence-corrected chi connectivity index (χ4v) is 4.59. The average Bonchev–Trinajstić information content (AvgIpc) is 3.04. The Morgan fingerprint density at radius 1 is 1.30 bits per heavy atom. The predicted molar refractivity (Wildman–Crippen MR) is 89.5 cm³/mol. The summed E-state index contributed by atoms with van der Waals surface area (Å²) in [5.41, 5.74) is 2.61. The number of hydrogen-bond acceptors (Lipinski definition) is 5. The van der Waals surface area contributed by atoms with E-state index >= 15 is 0 Å². The number of aromatic nitrogens is 2. The van der Waals surface area contributed by atoms with Gasteiger partial charge in [0.25, 0.3) is 0 Å². The highest BCUT2D eigenvalue weighted by molar-refractivity contribution is 5.22. The van der Waals surface area contributed by atoms with Crippen LogP contribution in [-0.4, -0.2) is 47.9 Å². The van der Waals surface area contributed by atoms with Crippen LogP contribution < -0.4 is 10.6 Å². The van der Waals surface area contributed by atoms with Gasteiger partial charge >= 0.3 is 0 Å². The Morgan fingerprint density at radius 3 is 3.13 bits per heavy atom. The van der Waals surface area contributed by atoms with Crippen LogP contribution in [0.5, 0.6) is 0 Å². The molecule has 2 aliphatic carbocycles. The predicted octanol–water partition coefficient (Wildman–Crippen LogP) is 1.39. The van der Waals surface area contributed by atoms with Crippen molar-refractivity contribution in [3.05, 3.63) is 23.3 Å². The van der Waals surface area contributed by atoms with Gasteiger partial charge in [-0.1, -0.05) is 6.42 Å². The molecule has 1 aliphatic heterocycles. The minimum absolute atomic E-state index is 0.533. The van der Waals surface area contributed by atoms with E-state index in [2.05, 4.69) is 20.6 Å². The van der Waals surface area contributed by atoms with Gasteiger partial charge in [0, 0.05) is 36.6 Å². The van der Waals surface area contributed by atoms with E-state index in [1.807, 2.05) is 13.1 Å². The van der Waals surface area contributed by atoms with Crippen LogP contribution in [0.3, 0.4) is 0 Å². The number of fused-ring (bicyclic) bond motifs is 1. The van der Waals surface area contributed by atoms with E-state index in [-0.39, 0.29) is 0 Å². The Bertz CT molecular complexity index is 544. The average molecular weight is 316 g/mol. The molecule has 1 aromatic heterocycles. The van der Waals surface area contributed by atoms with E-state index < -0.39 is 0 Å². The lowest BCUT2D eigenvalue weighted by Crippen LogP contribution is -2.53. The Balaban J connectivity index is 1.39. The summed E-state index contributed by atoms with van der Waals surface area (Å²) in [5.74, 6) is 1.61. The van der Waals surface area contributed by atoms with Gasteiger partial charge in [-0.15, -0.1) is 0 Å². The smallest absolute Gasteiger partial charge is 0.125 e. The second-order valence-corrected chi connectivity index (χ2v) is 7.33. The lowest BCUT2D eigenvalue weighted by molar-refractivity contribution is 0.0515. The molecule has 0 bridgehead atoms. The Labute approximate surface area is 138 Å². The molecule has 1 saturated carbocycles. The van der Waals surface area contributed by atoms with Crippen LogP contribution in [-0.2, 0) is 17.6 Å². The molecule has 0 aromatic carbocycles. The minimum Gasteiger partial charge on any atom is -0.379 e. The quantitative estimate of drug-likeness (QED) is 0.882. The van der Waals surface area contributed by atoms with Crippen molar-refractivity contribution in [2.24, 2.45) is 5.92 Å². The van der Waals surface area contributed by atoms with Gasteiger partial charge in [-0.25, -0.2) is 9.97 Å². The topological polar surface area (TPSA) is 59.1 Å². The van der Waals surface area contributed by atoms with Crippen LogP contribution in [0.25, 0.3) is 0 Å². The summed E-state index contributed by atoms with van der Waals surface area (Å²) in [6.07, 6.45) is 9.36. The maximum atomic E-state index is 5.68. The van der Waals surface area contributed by atoms with Crippen molar-refractivity contribution >= 4 is 0 Å². The Hall–Kier alpha value is -1.04. The fourth-order valence-electron chi connectivity index (χ4n) is 4.59. The van der Waals surface area contributed by atoms with Gasteiger partial charge in [0.15, 0.2) is 0 Å².